The molecule has 0 saturated heterocycles. The average molecular weight is 372 g/mol. The molecular weight excluding hydrogens is 344 g/mol. The van der Waals surface area contributed by atoms with Gasteiger partial charge in [-0.3, -0.25) is 14.5 Å². The Hall–Kier alpha value is -2.74. The lowest BCUT2D eigenvalue weighted by atomic mass is 10.1. The van der Waals surface area contributed by atoms with Crippen LogP contribution in [0.1, 0.15) is 35.9 Å². The Morgan fingerprint density at radius 2 is 1.81 bits per heavy atom. The van der Waals surface area contributed by atoms with Crippen LogP contribution in [0.4, 0.5) is 0 Å². The van der Waals surface area contributed by atoms with Crippen molar-refractivity contribution < 1.29 is 9.59 Å². The van der Waals surface area contributed by atoms with Crippen LogP contribution in [0.5, 0.6) is 0 Å². The van der Waals surface area contributed by atoms with E-state index >= 15 is 0 Å². The predicted molar refractivity (Wildman–Crippen MR) is 103 cm³/mol. The second-order valence-corrected chi connectivity index (χ2v) is 6.45. The summed E-state index contributed by atoms with van der Waals surface area (Å²) in [5, 5.41) is 10.7. The molecule has 0 fully saturated rings. The highest BCUT2D eigenvalue weighted by atomic mass is 16.2. The van der Waals surface area contributed by atoms with Crippen LogP contribution in [-0.2, 0) is 11.3 Å². The lowest BCUT2D eigenvalue weighted by Gasteiger charge is -2.30. The molecule has 1 atom stereocenters. The fourth-order valence-electron chi connectivity index (χ4n) is 2.84. The van der Waals surface area contributed by atoms with E-state index in [0.29, 0.717) is 6.54 Å². The molecule has 1 aromatic carbocycles. The van der Waals surface area contributed by atoms with E-state index in [-0.39, 0.29) is 30.1 Å². The zero-order chi connectivity index (χ0) is 19.8. The van der Waals surface area contributed by atoms with Gasteiger partial charge < -0.3 is 10.2 Å². The zero-order valence-electron chi connectivity index (χ0n) is 16.4. The summed E-state index contributed by atoms with van der Waals surface area (Å²) in [5.74, 6) is -0.413. The van der Waals surface area contributed by atoms with Crippen LogP contribution in [0, 0.1) is 0 Å². The Morgan fingerprint density at radius 1 is 1.15 bits per heavy atom. The summed E-state index contributed by atoms with van der Waals surface area (Å²) in [5.41, 5.74) is 1.36. The fraction of sp³-hybridized carbons (Fsp3) is 0.474. The van der Waals surface area contributed by atoms with Crippen molar-refractivity contribution in [1.29, 1.82) is 0 Å². The summed E-state index contributed by atoms with van der Waals surface area (Å²) < 4.78 is 1.37. The van der Waals surface area contributed by atoms with Gasteiger partial charge in [-0.15, -0.1) is 5.10 Å². The Labute approximate surface area is 160 Å². The highest BCUT2D eigenvalue weighted by molar-refractivity contribution is 5.91. The zero-order valence-corrected chi connectivity index (χ0v) is 16.4. The van der Waals surface area contributed by atoms with Crippen LogP contribution < -0.4 is 5.32 Å². The number of nitrogens with one attached hydrogen (secondary N) is 1. The molecule has 8 heteroatoms. The number of nitrogens with zero attached hydrogens (tertiary/aromatic N) is 5. The summed E-state index contributed by atoms with van der Waals surface area (Å²) in [6, 6.07) is 10.2. The second-order valence-electron chi connectivity index (χ2n) is 6.45. The minimum atomic E-state index is -0.299. The lowest BCUT2D eigenvalue weighted by Crippen LogP contribution is -2.38. The summed E-state index contributed by atoms with van der Waals surface area (Å²) in [4.78, 5) is 28.0. The van der Waals surface area contributed by atoms with Crippen molar-refractivity contribution in [1.82, 2.24) is 30.1 Å². The minimum absolute atomic E-state index is 0.0549. The van der Waals surface area contributed by atoms with Crippen molar-refractivity contribution >= 4 is 11.8 Å². The lowest BCUT2D eigenvalue weighted by molar-refractivity contribution is -0.129. The van der Waals surface area contributed by atoms with Gasteiger partial charge in [0, 0.05) is 20.6 Å². The van der Waals surface area contributed by atoms with Crippen molar-refractivity contribution in [3.8, 4) is 0 Å². The van der Waals surface area contributed by atoms with E-state index in [0.717, 1.165) is 18.7 Å². The molecule has 1 aromatic heterocycles. The van der Waals surface area contributed by atoms with Crippen LogP contribution in [-0.4, -0.2) is 70.3 Å². The molecular formula is C19H28N6O2. The molecule has 0 unspecified atom stereocenters. The van der Waals surface area contributed by atoms with Gasteiger partial charge in [-0.05, 0) is 18.7 Å². The number of hydrogen-bond donors (Lipinski definition) is 1. The smallest absolute Gasteiger partial charge is 0.273 e. The Morgan fingerprint density at radius 3 is 2.41 bits per heavy atom. The van der Waals surface area contributed by atoms with E-state index in [1.807, 2.05) is 18.2 Å². The van der Waals surface area contributed by atoms with E-state index in [9.17, 15) is 9.59 Å². The molecule has 8 nitrogen and oxygen atoms in total. The maximum absolute atomic E-state index is 12.5. The van der Waals surface area contributed by atoms with Crippen molar-refractivity contribution in [2.45, 2.75) is 26.4 Å². The number of amides is 2. The summed E-state index contributed by atoms with van der Waals surface area (Å²) in [6.07, 6.45) is 1.49. The van der Waals surface area contributed by atoms with Crippen molar-refractivity contribution in [2.75, 3.05) is 33.7 Å². The van der Waals surface area contributed by atoms with E-state index in [1.54, 1.807) is 14.1 Å². The maximum Gasteiger partial charge on any atom is 0.273 e. The molecule has 0 aliphatic rings. The third-order valence-electron chi connectivity index (χ3n) is 4.46. The molecule has 0 spiro atoms. The largest absolute Gasteiger partial charge is 0.349 e. The minimum Gasteiger partial charge on any atom is -0.349 e. The molecule has 146 valence electrons. The van der Waals surface area contributed by atoms with Crippen LogP contribution in [0.3, 0.4) is 0 Å². The number of carbonyl (C=O) groups excluding carboxylic acids is 2. The van der Waals surface area contributed by atoms with Crippen molar-refractivity contribution in [2.24, 2.45) is 0 Å². The van der Waals surface area contributed by atoms with E-state index < -0.39 is 0 Å². The third kappa shape index (κ3) is 5.62. The molecule has 2 amide bonds. The predicted octanol–water partition coefficient (Wildman–Crippen LogP) is 1.18. The molecule has 27 heavy (non-hydrogen) atoms. The number of benzene rings is 1. The first-order valence-electron chi connectivity index (χ1n) is 9.13. The molecule has 1 heterocycles. The summed E-state index contributed by atoms with van der Waals surface area (Å²) in [6.45, 7) is 6.50. The van der Waals surface area contributed by atoms with E-state index in [2.05, 4.69) is 46.5 Å². The molecule has 0 radical (unpaired) electrons. The molecule has 0 bridgehead atoms. The van der Waals surface area contributed by atoms with Gasteiger partial charge in [0.15, 0.2) is 5.69 Å². The second kappa shape index (κ2) is 9.82. The van der Waals surface area contributed by atoms with Gasteiger partial charge in [0.2, 0.25) is 5.91 Å². The van der Waals surface area contributed by atoms with Crippen LogP contribution >= 0.6 is 0 Å². The van der Waals surface area contributed by atoms with Crippen molar-refractivity contribution in [3.63, 3.8) is 0 Å². The monoisotopic (exact) mass is 372 g/mol. The van der Waals surface area contributed by atoms with Crippen molar-refractivity contribution in [3.05, 3.63) is 47.8 Å². The number of aromatic nitrogens is 3. The van der Waals surface area contributed by atoms with Gasteiger partial charge in [-0.2, -0.15) is 0 Å². The number of hydrogen-bond acceptors (Lipinski definition) is 5. The van der Waals surface area contributed by atoms with Gasteiger partial charge >= 0.3 is 0 Å². The topological polar surface area (TPSA) is 83.4 Å². The van der Waals surface area contributed by atoms with Gasteiger partial charge in [0.25, 0.3) is 5.91 Å². The summed E-state index contributed by atoms with van der Waals surface area (Å²) in [7, 11) is 3.34. The normalized spacial score (nSPS) is 12.0. The Balaban J connectivity index is 2.03. The number of likely N-dealkylation sites (N-methyl/N-ethyl adjacent to an activating group) is 2. The first-order valence-corrected chi connectivity index (χ1v) is 9.13. The van der Waals surface area contributed by atoms with Gasteiger partial charge in [0.1, 0.15) is 6.54 Å². The standard InChI is InChI=1S/C19H28N6O2/c1-5-24(6-2)17(15-10-8-7-9-11-15)12-20-19(27)16-13-25(22-21-16)14-18(26)23(3)4/h7-11,13,17H,5-6,12,14H2,1-4H3,(H,20,27)/t17-/m0/s1. The average Bonchev–Trinajstić information content (AvgIpc) is 3.14. The highest BCUT2D eigenvalue weighted by Crippen LogP contribution is 2.19. The van der Waals surface area contributed by atoms with Gasteiger partial charge in [0.05, 0.1) is 12.2 Å². The fourth-order valence-corrected chi connectivity index (χ4v) is 2.84. The Kier molecular flexibility index (Phi) is 7.48. The molecule has 0 aliphatic heterocycles. The van der Waals surface area contributed by atoms with E-state index in [1.165, 1.54) is 15.8 Å². The van der Waals surface area contributed by atoms with Gasteiger partial charge in [-0.1, -0.05) is 49.4 Å². The molecule has 2 aromatic rings. The first-order chi connectivity index (χ1) is 13.0. The van der Waals surface area contributed by atoms with E-state index in [4.69, 9.17) is 0 Å². The Bertz CT molecular complexity index is 740. The van der Waals surface area contributed by atoms with Crippen LogP contribution in [0.15, 0.2) is 36.5 Å². The molecule has 1 N–H and O–H groups in total. The SMILES string of the molecule is CCN(CC)[C@@H](CNC(=O)c1cn(CC(=O)N(C)C)nn1)c1ccccc1. The molecule has 0 saturated carbocycles. The highest BCUT2D eigenvalue weighted by Gasteiger charge is 2.20. The van der Waals surface area contributed by atoms with Gasteiger partial charge in [-0.25, -0.2) is 4.68 Å². The quantitative estimate of drug-likeness (QED) is 0.715. The molecule has 2 rings (SSSR count). The molecule has 0 aliphatic carbocycles. The van der Waals surface area contributed by atoms with Crippen LogP contribution in [0.25, 0.3) is 0 Å². The van der Waals surface area contributed by atoms with Crippen LogP contribution in [0.2, 0.25) is 0 Å². The maximum atomic E-state index is 12.5. The first kappa shape index (κ1) is 20.6. The number of rotatable bonds is 9. The third-order valence-corrected chi connectivity index (χ3v) is 4.46. The number of carbonyl (C=O) groups is 2. The summed E-state index contributed by atoms with van der Waals surface area (Å²) >= 11 is 0.